The molecule has 0 saturated heterocycles. The van der Waals surface area contributed by atoms with Crippen LogP contribution in [-0.2, 0) is 17.7 Å². The average Bonchev–Trinajstić information content (AvgIpc) is 2.85. The summed E-state index contributed by atoms with van der Waals surface area (Å²) in [4.78, 5) is 11.5. The lowest BCUT2D eigenvalue weighted by atomic mass is 10.0. The third-order valence-electron chi connectivity index (χ3n) is 5.51. The SMILES string of the molecule is CCCCC(Oc1ccccc1CCNCc1ccc(C(=O)OC)cc1)c1ccccc1. The van der Waals surface area contributed by atoms with E-state index in [9.17, 15) is 4.79 Å². The fourth-order valence-electron chi connectivity index (χ4n) is 3.66. The molecule has 4 nitrogen and oxygen atoms in total. The van der Waals surface area contributed by atoms with Gasteiger partial charge in [0.15, 0.2) is 0 Å². The van der Waals surface area contributed by atoms with Crippen molar-refractivity contribution in [1.29, 1.82) is 0 Å². The van der Waals surface area contributed by atoms with Crippen molar-refractivity contribution in [2.24, 2.45) is 0 Å². The number of para-hydroxylation sites is 1. The molecule has 0 aromatic heterocycles. The van der Waals surface area contributed by atoms with Gasteiger partial charge >= 0.3 is 5.97 Å². The van der Waals surface area contributed by atoms with Crippen molar-refractivity contribution in [3.05, 3.63) is 101 Å². The maximum Gasteiger partial charge on any atom is 0.337 e. The van der Waals surface area contributed by atoms with Crippen LogP contribution in [0, 0.1) is 0 Å². The molecule has 168 valence electrons. The maximum absolute atomic E-state index is 11.5. The highest BCUT2D eigenvalue weighted by Gasteiger charge is 2.14. The zero-order chi connectivity index (χ0) is 22.6. The Bertz CT molecular complexity index is 954. The lowest BCUT2D eigenvalue weighted by Gasteiger charge is -2.21. The van der Waals surface area contributed by atoms with E-state index in [1.165, 1.54) is 18.2 Å². The van der Waals surface area contributed by atoms with E-state index in [1.54, 1.807) is 12.1 Å². The van der Waals surface area contributed by atoms with Crippen LogP contribution < -0.4 is 10.1 Å². The third kappa shape index (κ3) is 6.96. The number of esters is 1. The molecule has 4 heteroatoms. The fourth-order valence-corrected chi connectivity index (χ4v) is 3.66. The van der Waals surface area contributed by atoms with E-state index in [0.29, 0.717) is 5.56 Å². The summed E-state index contributed by atoms with van der Waals surface area (Å²) in [5, 5.41) is 3.49. The van der Waals surface area contributed by atoms with Crippen LogP contribution in [0.3, 0.4) is 0 Å². The van der Waals surface area contributed by atoms with Gasteiger partial charge in [0.05, 0.1) is 12.7 Å². The highest BCUT2D eigenvalue weighted by molar-refractivity contribution is 5.89. The van der Waals surface area contributed by atoms with Crippen LogP contribution in [-0.4, -0.2) is 19.6 Å². The van der Waals surface area contributed by atoms with E-state index in [2.05, 4.69) is 54.7 Å². The number of carbonyl (C=O) groups excluding carboxylic acids is 1. The molecule has 0 heterocycles. The lowest BCUT2D eigenvalue weighted by Crippen LogP contribution is -2.17. The molecule has 1 atom stereocenters. The molecular weight excluding hydrogens is 398 g/mol. The largest absolute Gasteiger partial charge is 0.485 e. The number of carbonyl (C=O) groups is 1. The summed E-state index contributed by atoms with van der Waals surface area (Å²) in [6, 6.07) is 26.3. The Kier molecular flexibility index (Phi) is 9.33. The molecule has 0 saturated carbocycles. The first-order valence-electron chi connectivity index (χ1n) is 11.4. The molecule has 32 heavy (non-hydrogen) atoms. The van der Waals surface area contributed by atoms with Gasteiger partial charge in [-0.3, -0.25) is 0 Å². The summed E-state index contributed by atoms with van der Waals surface area (Å²) in [6.07, 6.45) is 4.25. The van der Waals surface area contributed by atoms with Crippen LogP contribution >= 0.6 is 0 Å². The normalized spacial score (nSPS) is 11.7. The molecule has 0 spiro atoms. The van der Waals surface area contributed by atoms with Crippen LogP contribution in [0.5, 0.6) is 5.75 Å². The first-order valence-corrected chi connectivity index (χ1v) is 11.4. The predicted molar refractivity (Wildman–Crippen MR) is 129 cm³/mol. The van der Waals surface area contributed by atoms with E-state index < -0.39 is 0 Å². The number of methoxy groups -OCH3 is 1. The topological polar surface area (TPSA) is 47.6 Å². The molecule has 0 bridgehead atoms. The smallest absolute Gasteiger partial charge is 0.337 e. The second-order valence-corrected chi connectivity index (χ2v) is 7.88. The van der Waals surface area contributed by atoms with Crippen molar-refractivity contribution in [1.82, 2.24) is 5.32 Å². The Morgan fingerprint density at radius 1 is 0.938 bits per heavy atom. The average molecular weight is 432 g/mol. The highest BCUT2D eigenvalue weighted by Crippen LogP contribution is 2.29. The minimum Gasteiger partial charge on any atom is -0.485 e. The molecule has 3 aromatic rings. The molecule has 0 aliphatic carbocycles. The zero-order valence-corrected chi connectivity index (χ0v) is 19.1. The Morgan fingerprint density at radius 2 is 1.66 bits per heavy atom. The van der Waals surface area contributed by atoms with Gasteiger partial charge in [-0.1, -0.05) is 74.0 Å². The van der Waals surface area contributed by atoms with Gasteiger partial charge in [-0.25, -0.2) is 4.79 Å². The second-order valence-electron chi connectivity index (χ2n) is 7.88. The van der Waals surface area contributed by atoms with Crippen molar-refractivity contribution >= 4 is 5.97 Å². The summed E-state index contributed by atoms with van der Waals surface area (Å²) < 4.78 is 11.3. The number of benzene rings is 3. The van der Waals surface area contributed by atoms with E-state index in [1.807, 2.05) is 24.3 Å². The van der Waals surface area contributed by atoms with Gasteiger partial charge in [-0.05, 0) is 60.7 Å². The van der Waals surface area contributed by atoms with Crippen molar-refractivity contribution < 1.29 is 14.3 Å². The standard InChI is InChI=1S/C28H33NO3/c1-3-4-13-26(23-10-6-5-7-11-23)32-27-14-9-8-12-24(27)19-20-29-21-22-15-17-25(18-16-22)28(30)31-2/h5-12,14-18,26,29H,3-4,13,19-21H2,1-2H3. The Labute approximate surface area is 191 Å². The molecule has 3 aromatic carbocycles. The first kappa shape index (κ1) is 23.6. The minimum absolute atomic E-state index is 0.0681. The van der Waals surface area contributed by atoms with Crippen molar-refractivity contribution in [2.75, 3.05) is 13.7 Å². The Hall–Kier alpha value is -3.11. The molecule has 3 rings (SSSR count). The fraction of sp³-hybridized carbons (Fsp3) is 0.321. The summed E-state index contributed by atoms with van der Waals surface area (Å²) in [5.74, 6) is 0.649. The number of nitrogens with one attached hydrogen (secondary N) is 1. The molecule has 0 aliphatic rings. The summed E-state index contributed by atoms with van der Waals surface area (Å²) in [6.45, 7) is 3.79. The van der Waals surface area contributed by atoms with E-state index in [4.69, 9.17) is 9.47 Å². The molecule has 1 N–H and O–H groups in total. The quantitative estimate of drug-likeness (QED) is 0.277. The zero-order valence-electron chi connectivity index (χ0n) is 19.1. The molecule has 0 fully saturated rings. The van der Waals surface area contributed by atoms with Crippen molar-refractivity contribution in [2.45, 2.75) is 45.3 Å². The third-order valence-corrected chi connectivity index (χ3v) is 5.51. The number of hydrogen-bond acceptors (Lipinski definition) is 4. The van der Waals surface area contributed by atoms with Gasteiger partial charge in [0.1, 0.15) is 11.9 Å². The molecular formula is C28H33NO3. The Morgan fingerprint density at radius 3 is 2.38 bits per heavy atom. The van der Waals surface area contributed by atoms with E-state index >= 15 is 0 Å². The summed E-state index contributed by atoms with van der Waals surface area (Å²) in [7, 11) is 1.39. The maximum atomic E-state index is 11.5. The molecule has 1 unspecified atom stereocenters. The molecule has 0 amide bonds. The minimum atomic E-state index is -0.311. The van der Waals surface area contributed by atoms with Crippen LogP contribution in [0.15, 0.2) is 78.9 Å². The number of rotatable bonds is 12. The predicted octanol–water partition coefficient (Wildman–Crippen LogP) is 6.12. The van der Waals surface area contributed by atoms with Gasteiger partial charge in [0.2, 0.25) is 0 Å². The van der Waals surface area contributed by atoms with Crippen LogP contribution in [0.4, 0.5) is 0 Å². The van der Waals surface area contributed by atoms with Crippen LogP contribution in [0.1, 0.15) is 59.3 Å². The summed E-state index contributed by atoms with van der Waals surface area (Å²) in [5.41, 5.74) is 4.13. The van der Waals surface area contributed by atoms with Crippen LogP contribution in [0.25, 0.3) is 0 Å². The molecule has 0 aliphatic heterocycles. The van der Waals surface area contributed by atoms with Crippen LogP contribution in [0.2, 0.25) is 0 Å². The number of unbranched alkanes of at least 4 members (excludes halogenated alkanes) is 1. The van der Waals surface area contributed by atoms with Crippen molar-refractivity contribution in [3.63, 3.8) is 0 Å². The number of hydrogen-bond donors (Lipinski definition) is 1. The lowest BCUT2D eigenvalue weighted by molar-refractivity contribution is 0.0600. The highest BCUT2D eigenvalue weighted by atomic mass is 16.5. The number of ether oxygens (including phenoxy) is 2. The van der Waals surface area contributed by atoms with Gasteiger partial charge in [-0.15, -0.1) is 0 Å². The second kappa shape index (κ2) is 12.7. The van der Waals surface area contributed by atoms with E-state index in [0.717, 1.165) is 50.1 Å². The summed E-state index contributed by atoms with van der Waals surface area (Å²) >= 11 is 0. The molecule has 0 radical (unpaired) electrons. The first-order chi connectivity index (χ1) is 15.7. The van der Waals surface area contributed by atoms with Crippen molar-refractivity contribution in [3.8, 4) is 5.75 Å². The Balaban J connectivity index is 1.57. The van der Waals surface area contributed by atoms with E-state index in [-0.39, 0.29) is 12.1 Å². The monoisotopic (exact) mass is 431 g/mol. The van der Waals surface area contributed by atoms with Gasteiger partial charge in [0, 0.05) is 6.54 Å². The van der Waals surface area contributed by atoms with Gasteiger partial charge < -0.3 is 14.8 Å². The van der Waals surface area contributed by atoms with Gasteiger partial charge in [-0.2, -0.15) is 0 Å². The van der Waals surface area contributed by atoms with Gasteiger partial charge in [0.25, 0.3) is 0 Å².